The molecular weight excluding hydrogens is 594 g/mol. The number of rotatable bonds is 9. The van der Waals surface area contributed by atoms with Crippen molar-refractivity contribution >= 4 is 57.3 Å². The molecular formula is C31H28ClN3O5S2. The molecule has 1 atom stereocenters. The monoisotopic (exact) mass is 621 g/mol. The molecule has 1 aliphatic rings. The molecule has 1 amide bonds. The lowest BCUT2D eigenvalue weighted by Gasteiger charge is -2.23. The van der Waals surface area contributed by atoms with E-state index in [0.29, 0.717) is 44.3 Å². The molecule has 1 fully saturated rings. The Hall–Kier alpha value is -3.86. The van der Waals surface area contributed by atoms with Crippen molar-refractivity contribution in [1.82, 2.24) is 10.2 Å². The van der Waals surface area contributed by atoms with E-state index >= 15 is 0 Å². The fourth-order valence-corrected chi connectivity index (χ4v) is 6.88. The normalized spacial score (nSPS) is 16.2. The van der Waals surface area contributed by atoms with Crippen LogP contribution in [0.3, 0.4) is 0 Å². The quantitative estimate of drug-likeness (QED) is 0.0692. The predicted molar refractivity (Wildman–Crippen MR) is 166 cm³/mol. The van der Waals surface area contributed by atoms with Gasteiger partial charge in [0.15, 0.2) is 15.8 Å². The molecule has 8 nitrogen and oxygen atoms in total. The molecule has 42 heavy (non-hydrogen) atoms. The molecule has 1 aliphatic heterocycles. The molecule has 1 N–H and O–H groups in total. The summed E-state index contributed by atoms with van der Waals surface area (Å²) < 4.78 is 11.8. The molecule has 0 radical (unpaired) electrons. The van der Waals surface area contributed by atoms with Gasteiger partial charge < -0.3 is 14.6 Å². The van der Waals surface area contributed by atoms with Gasteiger partial charge in [0.1, 0.15) is 5.76 Å². The van der Waals surface area contributed by atoms with Crippen molar-refractivity contribution in [2.45, 2.75) is 36.9 Å². The Morgan fingerprint density at radius 3 is 2.60 bits per heavy atom. The number of hydrogen-bond donors (Lipinski definition) is 1. The van der Waals surface area contributed by atoms with Crippen LogP contribution in [0.4, 0.5) is 5.13 Å². The number of amides is 1. The van der Waals surface area contributed by atoms with Crippen molar-refractivity contribution in [2.75, 3.05) is 18.6 Å². The number of carbonyl (C=O) groups is 2. The Morgan fingerprint density at radius 1 is 1.07 bits per heavy atom. The maximum Gasteiger partial charge on any atom is 0.301 e. The van der Waals surface area contributed by atoms with Crippen LogP contribution in [-0.2, 0) is 15.3 Å². The van der Waals surface area contributed by atoms with E-state index in [1.54, 1.807) is 24.3 Å². The number of ether oxygens (including phenoxy) is 2. The van der Waals surface area contributed by atoms with Gasteiger partial charge in [0.25, 0.3) is 5.78 Å². The number of nitrogens with zero attached hydrogens (tertiary/aromatic N) is 3. The minimum Gasteiger partial charge on any atom is -0.507 e. The zero-order valence-corrected chi connectivity index (χ0v) is 25.8. The highest BCUT2D eigenvalue weighted by molar-refractivity contribution is 8.00. The number of benzene rings is 3. The van der Waals surface area contributed by atoms with Crippen LogP contribution in [-0.4, -0.2) is 40.7 Å². The van der Waals surface area contributed by atoms with Gasteiger partial charge >= 0.3 is 5.91 Å². The van der Waals surface area contributed by atoms with Crippen molar-refractivity contribution in [2.24, 2.45) is 0 Å². The third kappa shape index (κ3) is 5.74. The number of thioether (sulfide) groups is 1. The molecule has 0 saturated carbocycles. The van der Waals surface area contributed by atoms with E-state index in [1.807, 2.05) is 57.2 Å². The second-order valence-electron chi connectivity index (χ2n) is 9.56. The highest BCUT2D eigenvalue weighted by Crippen LogP contribution is 2.46. The Labute approximate surface area is 257 Å². The number of aliphatic hydroxyl groups is 1. The summed E-state index contributed by atoms with van der Waals surface area (Å²) >= 11 is 8.92. The Kier molecular flexibility index (Phi) is 8.86. The zero-order valence-electron chi connectivity index (χ0n) is 23.4. The van der Waals surface area contributed by atoms with Gasteiger partial charge in [-0.15, -0.1) is 10.2 Å². The van der Waals surface area contributed by atoms with Crippen molar-refractivity contribution in [3.8, 4) is 11.5 Å². The van der Waals surface area contributed by atoms with Gasteiger partial charge in [-0.3, -0.25) is 14.5 Å². The molecule has 0 spiro atoms. The Balaban J connectivity index is 1.61. The summed E-state index contributed by atoms with van der Waals surface area (Å²) in [5, 5.41) is 21.0. The van der Waals surface area contributed by atoms with Gasteiger partial charge in [0, 0.05) is 16.3 Å². The summed E-state index contributed by atoms with van der Waals surface area (Å²) in [7, 11) is 1.52. The number of aliphatic hydroxyl groups excluding tert-OH is 1. The fourth-order valence-electron chi connectivity index (χ4n) is 4.72. The molecule has 5 rings (SSSR count). The van der Waals surface area contributed by atoms with Gasteiger partial charge in [-0.2, -0.15) is 0 Å². The van der Waals surface area contributed by atoms with Crippen LogP contribution < -0.4 is 14.4 Å². The molecule has 2 heterocycles. The summed E-state index contributed by atoms with van der Waals surface area (Å²) in [6, 6.07) is 17.3. The average molecular weight is 622 g/mol. The topological polar surface area (TPSA) is 102 Å². The first-order chi connectivity index (χ1) is 20.2. The lowest BCUT2D eigenvalue weighted by molar-refractivity contribution is -0.132. The highest BCUT2D eigenvalue weighted by Gasteiger charge is 2.48. The number of methoxy groups -OCH3 is 1. The molecule has 1 saturated heterocycles. The third-order valence-corrected chi connectivity index (χ3v) is 9.28. The summed E-state index contributed by atoms with van der Waals surface area (Å²) in [6.07, 6.45) is 0. The van der Waals surface area contributed by atoms with Crippen LogP contribution in [0.2, 0.25) is 5.02 Å². The number of aryl methyl sites for hydroxylation is 2. The maximum absolute atomic E-state index is 13.6. The number of halogens is 1. The predicted octanol–water partition coefficient (Wildman–Crippen LogP) is 7.13. The summed E-state index contributed by atoms with van der Waals surface area (Å²) in [5.41, 5.74) is 3.59. The van der Waals surface area contributed by atoms with Gasteiger partial charge in [-0.1, -0.05) is 76.7 Å². The zero-order chi connectivity index (χ0) is 30.0. The molecule has 3 aromatic carbocycles. The summed E-state index contributed by atoms with van der Waals surface area (Å²) in [5.74, 6) is -0.374. The van der Waals surface area contributed by atoms with Crippen molar-refractivity contribution in [3.63, 3.8) is 0 Å². The summed E-state index contributed by atoms with van der Waals surface area (Å²) in [6.45, 7) is 6.03. The number of ketones is 1. The smallest absolute Gasteiger partial charge is 0.301 e. The summed E-state index contributed by atoms with van der Waals surface area (Å²) in [4.78, 5) is 28.6. The van der Waals surface area contributed by atoms with E-state index in [9.17, 15) is 14.7 Å². The number of hydrogen-bond acceptors (Lipinski definition) is 9. The third-order valence-electron chi connectivity index (χ3n) is 6.81. The first kappa shape index (κ1) is 29.6. The standard InChI is InChI=1S/C31H28ClN3O5S2/c1-5-40-23-13-12-19(15-24(23)39-4)26-25(27(36)21-14-17(2)10-11-18(21)3)28(37)29(38)35(26)30-33-34-31(42-30)41-16-20-8-6-7-9-22(20)32/h6-15,26,36H,5,16H2,1-4H3/b27-25+. The molecule has 11 heteroatoms. The Morgan fingerprint density at radius 2 is 1.86 bits per heavy atom. The fraction of sp³-hybridized carbons (Fsp3) is 0.226. The van der Waals surface area contributed by atoms with Gasteiger partial charge in [-0.25, -0.2) is 0 Å². The first-order valence-corrected chi connectivity index (χ1v) is 15.3. The van der Waals surface area contributed by atoms with Gasteiger partial charge in [-0.05, 0) is 61.7 Å². The molecule has 1 aromatic heterocycles. The SMILES string of the molecule is CCOc1ccc(C2/C(=C(\O)c3cc(C)ccc3C)C(=O)C(=O)N2c2nnc(SCc3ccccc3Cl)s2)cc1OC. The number of anilines is 1. The lowest BCUT2D eigenvalue weighted by atomic mass is 9.93. The van der Waals surface area contributed by atoms with Crippen molar-refractivity contribution < 1.29 is 24.2 Å². The van der Waals surface area contributed by atoms with Crippen molar-refractivity contribution in [1.29, 1.82) is 0 Å². The van der Waals surface area contributed by atoms with E-state index in [2.05, 4.69) is 10.2 Å². The van der Waals surface area contributed by atoms with Crippen molar-refractivity contribution in [3.05, 3.63) is 99.1 Å². The minimum atomic E-state index is -0.983. The number of carbonyl (C=O) groups excluding carboxylic acids is 2. The molecule has 216 valence electrons. The molecule has 1 unspecified atom stereocenters. The minimum absolute atomic E-state index is 0.0413. The molecule has 4 aromatic rings. The van der Waals surface area contributed by atoms with Crippen LogP contribution >= 0.6 is 34.7 Å². The second kappa shape index (κ2) is 12.6. The van der Waals surface area contributed by atoms with E-state index < -0.39 is 17.7 Å². The van der Waals surface area contributed by atoms with Crippen LogP contribution in [0.25, 0.3) is 5.76 Å². The highest BCUT2D eigenvalue weighted by atomic mass is 35.5. The number of Topliss-reactive ketones (excluding diaryl/α,β-unsaturated/α-hetero) is 1. The van der Waals surface area contributed by atoms with Gasteiger partial charge in [0.2, 0.25) is 5.13 Å². The van der Waals surface area contributed by atoms with Crippen LogP contribution in [0.5, 0.6) is 11.5 Å². The average Bonchev–Trinajstić information content (AvgIpc) is 3.55. The van der Waals surface area contributed by atoms with E-state index in [1.165, 1.54) is 35.1 Å². The lowest BCUT2D eigenvalue weighted by Crippen LogP contribution is -2.29. The Bertz CT molecular complexity index is 1700. The van der Waals surface area contributed by atoms with Gasteiger partial charge in [0.05, 0.1) is 25.3 Å². The van der Waals surface area contributed by atoms with E-state index in [-0.39, 0.29) is 16.5 Å². The molecule has 0 bridgehead atoms. The largest absolute Gasteiger partial charge is 0.507 e. The van der Waals surface area contributed by atoms with Crippen LogP contribution in [0, 0.1) is 13.8 Å². The first-order valence-electron chi connectivity index (χ1n) is 13.1. The maximum atomic E-state index is 13.6. The number of aromatic nitrogens is 2. The van der Waals surface area contributed by atoms with Crippen LogP contribution in [0.15, 0.2) is 70.6 Å². The second-order valence-corrected chi connectivity index (χ2v) is 12.1. The van der Waals surface area contributed by atoms with E-state index in [4.69, 9.17) is 21.1 Å². The molecule has 0 aliphatic carbocycles. The van der Waals surface area contributed by atoms with E-state index in [0.717, 1.165) is 16.7 Å². The van der Waals surface area contributed by atoms with Crippen LogP contribution in [0.1, 0.15) is 40.8 Å².